The molecule has 0 bridgehead atoms. The van der Waals surface area contributed by atoms with E-state index in [9.17, 15) is 4.79 Å². The van der Waals surface area contributed by atoms with E-state index in [0.29, 0.717) is 5.89 Å². The second-order valence-corrected chi connectivity index (χ2v) is 3.91. The molecule has 3 N–H and O–H groups in total. The van der Waals surface area contributed by atoms with Gasteiger partial charge < -0.3 is 15.6 Å². The van der Waals surface area contributed by atoms with Crippen molar-refractivity contribution in [3.05, 3.63) is 11.7 Å². The Morgan fingerprint density at radius 2 is 2.47 bits per heavy atom. The Morgan fingerprint density at radius 3 is 3.07 bits per heavy atom. The zero-order valence-corrected chi connectivity index (χ0v) is 9.50. The molecule has 84 valence electrons. The smallest absolute Gasteiger partial charge is 0.292 e. The summed E-state index contributed by atoms with van der Waals surface area (Å²) in [5.41, 5.74) is 5.79. The lowest BCUT2D eigenvalue weighted by Gasteiger charge is -2.03. The maximum absolute atomic E-state index is 11.1. The average molecular weight is 230 g/mol. The van der Waals surface area contributed by atoms with E-state index < -0.39 is 0 Å². The first-order chi connectivity index (χ1) is 7.19. The Morgan fingerprint density at radius 1 is 1.73 bits per heavy atom. The minimum Gasteiger partial charge on any atom is -0.352 e. The summed E-state index contributed by atoms with van der Waals surface area (Å²) < 4.78 is 4.89. The lowest BCUT2D eigenvalue weighted by atomic mass is 10.2. The van der Waals surface area contributed by atoms with E-state index in [-0.39, 0.29) is 17.8 Å². The van der Waals surface area contributed by atoms with Crippen LogP contribution in [0.2, 0.25) is 0 Å². The Bertz CT molecular complexity index is 328. The molecule has 1 aromatic rings. The lowest BCUT2D eigenvalue weighted by Crippen LogP contribution is -2.19. The number of carbonyl (C=O) groups is 1. The highest BCUT2D eigenvalue weighted by atomic mass is 32.2. The van der Waals surface area contributed by atoms with Gasteiger partial charge in [-0.2, -0.15) is 16.7 Å². The molecule has 0 aliphatic rings. The molecular weight excluding hydrogens is 216 g/mol. The first kappa shape index (κ1) is 12.0. The van der Waals surface area contributed by atoms with Crippen molar-refractivity contribution in [2.45, 2.75) is 12.5 Å². The van der Waals surface area contributed by atoms with Crippen LogP contribution in [0, 0.1) is 0 Å². The van der Waals surface area contributed by atoms with Gasteiger partial charge in [0.25, 0.3) is 11.7 Å². The van der Waals surface area contributed by atoms with Crippen molar-refractivity contribution in [2.24, 2.45) is 5.73 Å². The molecule has 0 saturated heterocycles. The van der Waals surface area contributed by atoms with E-state index in [1.54, 1.807) is 11.8 Å². The van der Waals surface area contributed by atoms with Crippen LogP contribution in [0.3, 0.4) is 0 Å². The number of amides is 1. The molecule has 0 aliphatic heterocycles. The van der Waals surface area contributed by atoms with Gasteiger partial charge in [-0.1, -0.05) is 5.16 Å². The van der Waals surface area contributed by atoms with Gasteiger partial charge in [-0.25, -0.2) is 0 Å². The summed E-state index contributed by atoms with van der Waals surface area (Å²) in [6.45, 7) is 0. The maximum atomic E-state index is 11.1. The Labute approximate surface area is 92.0 Å². The van der Waals surface area contributed by atoms with Gasteiger partial charge in [-0.3, -0.25) is 4.79 Å². The summed E-state index contributed by atoms with van der Waals surface area (Å²) in [6, 6.07) is -0.302. The van der Waals surface area contributed by atoms with Crippen molar-refractivity contribution < 1.29 is 9.32 Å². The third kappa shape index (κ3) is 3.21. The average Bonchev–Trinajstić information content (AvgIpc) is 2.74. The van der Waals surface area contributed by atoms with Gasteiger partial charge in [-0.15, -0.1) is 0 Å². The predicted molar refractivity (Wildman–Crippen MR) is 57.6 cm³/mol. The number of nitrogens with two attached hydrogens (primary N) is 1. The highest BCUT2D eigenvalue weighted by Gasteiger charge is 2.17. The molecule has 0 aliphatic carbocycles. The van der Waals surface area contributed by atoms with Crippen LogP contribution in [0.1, 0.15) is 29.0 Å². The quantitative estimate of drug-likeness (QED) is 0.749. The maximum Gasteiger partial charge on any atom is 0.292 e. The van der Waals surface area contributed by atoms with Crippen LogP contribution >= 0.6 is 11.8 Å². The summed E-state index contributed by atoms with van der Waals surface area (Å²) in [5.74, 6) is 0.871. The van der Waals surface area contributed by atoms with E-state index in [4.69, 9.17) is 10.3 Å². The molecule has 1 amide bonds. The summed E-state index contributed by atoms with van der Waals surface area (Å²) in [6.07, 6.45) is 2.74. The van der Waals surface area contributed by atoms with Crippen LogP contribution < -0.4 is 11.1 Å². The number of hydrogen-bond donors (Lipinski definition) is 2. The number of nitrogens with zero attached hydrogens (tertiary/aromatic N) is 2. The molecule has 7 heteroatoms. The van der Waals surface area contributed by atoms with E-state index in [0.717, 1.165) is 12.2 Å². The molecule has 6 nitrogen and oxygen atoms in total. The fraction of sp³-hybridized carbons (Fsp3) is 0.625. The normalized spacial score (nSPS) is 12.5. The SMILES string of the molecule is CNC(=O)c1noc([C@@H](N)CCSC)n1. The number of thioether (sulfide) groups is 1. The van der Waals surface area contributed by atoms with Gasteiger partial charge in [0.1, 0.15) is 0 Å². The zero-order valence-electron chi connectivity index (χ0n) is 8.69. The van der Waals surface area contributed by atoms with Crippen LogP contribution in [0.5, 0.6) is 0 Å². The number of nitrogens with one attached hydrogen (secondary N) is 1. The molecule has 1 aromatic heterocycles. The van der Waals surface area contributed by atoms with Crippen molar-refractivity contribution in [2.75, 3.05) is 19.1 Å². The first-order valence-electron chi connectivity index (χ1n) is 4.49. The zero-order chi connectivity index (χ0) is 11.3. The summed E-state index contributed by atoms with van der Waals surface area (Å²) >= 11 is 1.69. The fourth-order valence-electron chi connectivity index (χ4n) is 0.958. The van der Waals surface area contributed by atoms with Gasteiger partial charge in [0.05, 0.1) is 6.04 Å². The number of rotatable bonds is 5. The minimum absolute atomic E-state index is 0.0205. The van der Waals surface area contributed by atoms with Crippen LogP contribution in [-0.2, 0) is 0 Å². The molecule has 0 fully saturated rings. The molecule has 0 unspecified atom stereocenters. The van der Waals surface area contributed by atoms with E-state index in [2.05, 4.69) is 15.5 Å². The molecule has 0 radical (unpaired) electrons. The Kier molecular flexibility index (Phi) is 4.57. The lowest BCUT2D eigenvalue weighted by molar-refractivity contribution is 0.0950. The number of carbonyl (C=O) groups excluding carboxylic acids is 1. The molecule has 0 spiro atoms. The predicted octanol–water partition coefficient (Wildman–Crippen LogP) is 0.182. The third-order valence-corrected chi connectivity index (χ3v) is 2.47. The van der Waals surface area contributed by atoms with Gasteiger partial charge in [0.2, 0.25) is 5.89 Å². The molecule has 1 rings (SSSR count). The molecule has 1 heterocycles. The summed E-state index contributed by atoms with van der Waals surface area (Å²) in [5, 5.41) is 5.94. The Balaban J connectivity index is 2.62. The van der Waals surface area contributed by atoms with Crippen molar-refractivity contribution in [3.8, 4) is 0 Å². The van der Waals surface area contributed by atoms with E-state index in [1.807, 2.05) is 6.26 Å². The number of hydrogen-bond acceptors (Lipinski definition) is 6. The van der Waals surface area contributed by atoms with Gasteiger partial charge >= 0.3 is 0 Å². The molecule has 0 saturated carbocycles. The molecular formula is C8H14N4O2S. The molecule has 0 aromatic carbocycles. The van der Waals surface area contributed by atoms with E-state index >= 15 is 0 Å². The minimum atomic E-state index is -0.373. The highest BCUT2D eigenvalue weighted by Crippen LogP contribution is 2.13. The van der Waals surface area contributed by atoms with Crippen LogP contribution in [0.25, 0.3) is 0 Å². The van der Waals surface area contributed by atoms with Gasteiger partial charge in [-0.05, 0) is 18.4 Å². The van der Waals surface area contributed by atoms with Gasteiger partial charge in [0.15, 0.2) is 0 Å². The first-order valence-corrected chi connectivity index (χ1v) is 5.88. The standard InChI is InChI=1S/C8H14N4O2S/c1-10-7(13)6-11-8(14-12-6)5(9)3-4-15-2/h5H,3-4,9H2,1-2H3,(H,10,13)/t5-/m0/s1. The van der Waals surface area contributed by atoms with Gasteiger partial charge in [0, 0.05) is 7.05 Å². The molecule has 15 heavy (non-hydrogen) atoms. The fourth-order valence-corrected chi connectivity index (χ4v) is 1.45. The highest BCUT2D eigenvalue weighted by molar-refractivity contribution is 7.98. The van der Waals surface area contributed by atoms with Crippen LogP contribution in [-0.4, -0.2) is 35.1 Å². The number of aromatic nitrogens is 2. The summed E-state index contributed by atoms with van der Waals surface area (Å²) in [4.78, 5) is 15.0. The second-order valence-electron chi connectivity index (χ2n) is 2.92. The van der Waals surface area contributed by atoms with Crippen molar-refractivity contribution in [1.82, 2.24) is 15.5 Å². The monoisotopic (exact) mass is 230 g/mol. The topological polar surface area (TPSA) is 94.0 Å². The van der Waals surface area contributed by atoms with Crippen molar-refractivity contribution >= 4 is 17.7 Å². The molecule has 1 atom stereocenters. The summed E-state index contributed by atoms with van der Waals surface area (Å²) in [7, 11) is 1.51. The van der Waals surface area contributed by atoms with E-state index in [1.165, 1.54) is 7.05 Å². The van der Waals surface area contributed by atoms with Crippen LogP contribution in [0.15, 0.2) is 4.52 Å². The third-order valence-electron chi connectivity index (χ3n) is 1.82. The largest absolute Gasteiger partial charge is 0.352 e. The second kappa shape index (κ2) is 5.72. The van der Waals surface area contributed by atoms with Crippen molar-refractivity contribution in [3.63, 3.8) is 0 Å². The Hall–Kier alpha value is -1.08. The van der Waals surface area contributed by atoms with Crippen molar-refractivity contribution in [1.29, 1.82) is 0 Å². The van der Waals surface area contributed by atoms with Crippen LogP contribution in [0.4, 0.5) is 0 Å².